The van der Waals surface area contributed by atoms with Gasteiger partial charge in [-0.05, 0) is 66.6 Å². The molecule has 4 nitrogen and oxygen atoms in total. The molecule has 3 saturated heterocycles. The van der Waals surface area contributed by atoms with Gasteiger partial charge in [-0.3, -0.25) is 9.88 Å². The van der Waals surface area contributed by atoms with Gasteiger partial charge in [-0.15, -0.1) is 6.58 Å². The van der Waals surface area contributed by atoms with E-state index in [9.17, 15) is 5.11 Å². The Morgan fingerprint density at radius 3 is 2.83 bits per heavy atom. The van der Waals surface area contributed by atoms with E-state index in [2.05, 4.69) is 40.7 Å². The lowest BCUT2D eigenvalue weighted by Gasteiger charge is -2.51. The van der Waals surface area contributed by atoms with E-state index < -0.39 is 0 Å². The zero-order valence-corrected chi connectivity index (χ0v) is 17.2. The number of phenols is 1. The zero-order valence-electron chi connectivity index (χ0n) is 17.2. The molecule has 30 heavy (non-hydrogen) atoms. The molecule has 1 aromatic heterocycles. The number of rotatable bonds is 6. The van der Waals surface area contributed by atoms with Crippen molar-refractivity contribution < 1.29 is 9.84 Å². The first-order valence-electron chi connectivity index (χ1n) is 10.8. The number of aromatic hydroxyl groups is 1. The largest absolute Gasteiger partial charge is 0.508 e. The number of nitrogens with zero attached hydrogens (tertiary/aromatic N) is 2. The van der Waals surface area contributed by atoms with Crippen LogP contribution >= 0.6 is 0 Å². The highest BCUT2D eigenvalue weighted by atomic mass is 16.5. The third kappa shape index (κ3) is 3.62. The summed E-state index contributed by atoms with van der Waals surface area (Å²) < 4.78 is 6.65. The Hall–Kier alpha value is -2.69. The van der Waals surface area contributed by atoms with Gasteiger partial charge in [0, 0.05) is 24.2 Å². The monoisotopic (exact) mass is 400 g/mol. The Morgan fingerprint density at radius 2 is 2.07 bits per heavy atom. The van der Waals surface area contributed by atoms with Gasteiger partial charge in [0.05, 0.1) is 18.2 Å². The second-order valence-corrected chi connectivity index (χ2v) is 8.57. The normalized spacial score (nSPS) is 26.5. The molecule has 3 aromatic rings. The first-order valence-corrected chi connectivity index (χ1v) is 10.8. The summed E-state index contributed by atoms with van der Waals surface area (Å²) >= 11 is 0. The van der Waals surface area contributed by atoms with E-state index in [1.54, 1.807) is 6.07 Å². The topological polar surface area (TPSA) is 45.6 Å². The lowest BCUT2D eigenvalue weighted by atomic mass is 9.73. The minimum Gasteiger partial charge on any atom is -0.508 e. The van der Waals surface area contributed by atoms with Gasteiger partial charge in [-0.25, -0.2) is 0 Å². The fraction of sp³-hybridized carbons (Fsp3) is 0.346. The van der Waals surface area contributed by atoms with Crippen molar-refractivity contribution in [1.29, 1.82) is 0 Å². The second kappa shape index (κ2) is 8.21. The number of ether oxygens (including phenoxy) is 1. The van der Waals surface area contributed by atoms with Crippen LogP contribution in [0, 0.1) is 11.8 Å². The summed E-state index contributed by atoms with van der Waals surface area (Å²) in [4.78, 5) is 7.09. The average Bonchev–Trinajstić information content (AvgIpc) is 2.80. The van der Waals surface area contributed by atoms with Crippen molar-refractivity contribution in [2.45, 2.75) is 31.6 Å². The molecule has 154 valence electrons. The van der Waals surface area contributed by atoms with Crippen molar-refractivity contribution in [1.82, 2.24) is 9.88 Å². The molecular formula is C26H28N2O2. The van der Waals surface area contributed by atoms with Gasteiger partial charge in [0.2, 0.25) is 0 Å². The average molecular weight is 401 g/mol. The molecule has 3 aliphatic heterocycles. The van der Waals surface area contributed by atoms with Crippen LogP contribution in [-0.4, -0.2) is 34.1 Å². The van der Waals surface area contributed by atoms with E-state index >= 15 is 0 Å². The summed E-state index contributed by atoms with van der Waals surface area (Å²) in [5, 5.41) is 11.1. The number of hydrogen-bond acceptors (Lipinski definition) is 4. The van der Waals surface area contributed by atoms with Crippen LogP contribution in [0.25, 0.3) is 10.9 Å². The molecule has 0 spiro atoms. The maximum absolute atomic E-state index is 10.1. The molecule has 5 atom stereocenters. The van der Waals surface area contributed by atoms with Gasteiger partial charge in [0.15, 0.2) is 0 Å². The van der Waals surface area contributed by atoms with Gasteiger partial charge in [0.1, 0.15) is 5.75 Å². The highest BCUT2D eigenvalue weighted by Crippen LogP contribution is 2.43. The third-order valence-corrected chi connectivity index (χ3v) is 6.84. The summed E-state index contributed by atoms with van der Waals surface area (Å²) in [5.41, 5.74) is 3.17. The molecule has 2 bridgehead atoms. The number of aromatic nitrogens is 1. The zero-order chi connectivity index (χ0) is 20.5. The lowest BCUT2D eigenvalue weighted by Crippen LogP contribution is -2.55. The van der Waals surface area contributed by atoms with E-state index in [1.165, 1.54) is 12.0 Å². The van der Waals surface area contributed by atoms with Crippen LogP contribution in [0.3, 0.4) is 0 Å². The molecule has 3 fully saturated rings. The van der Waals surface area contributed by atoms with Crippen LogP contribution in [0.2, 0.25) is 0 Å². The van der Waals surface area contributed by atoms with Gasteiger partial charge in [-0.2, -0.15) is 0 Å². The predicted octanol–water partition coefficient (Wildman–Crippen LogP) is 5.09. The lowest BCUT2D eigenvalue weighted by molar-refractivity contribution is -0.0803. The van der Waals surface area contributed by atoms with Crippen molar-refractivity contribution in [3.63, 3.8) is 0 Å². The first kappa shape index (κ1) is 19.3. The summed E-state index contributed by atoms with van der Waals surface area (Å²) in [6.07, 6.45) is 6.25. The van der Waals surface area contributed by atoms with Crippen molar-refractivity contribution in [2.75, 3.05) is 13.1 Å². The van der Waals surface area contributed by atoms with E-state index in [0.717, 1.165) is 36.0 Å². The fourth-order valence-corrected chi connectivity index (χ4v) is 5.26. The standard InChI is InChI=1S/C26H28N2O2/c1-2-19-16-28-13-11-20(19)14-25(28)26(30-17-18-6-4-3-5-7-18)22-10-12-27-24-9-8-21(29)15-23(22)24/h2-10,12,15,19-20,25-26,29H,1,11,13-14,16-17H2. The van der Waals surface area contributed by atoms with Crippen LogP contribution in [0.15, 0.2) is 73.4 Å². The molecular weight excluding hydrogens is 372 g/mol. The molecule has 1 N–H and O–H groups in total. The van der Waals surface area contributed by atoms with E-state index in [4.69, 9.17) is 4.74 Å². The van der Waals surface area contributed by atoms with E-state index in [-0.39, 0.29) is 11.9 Å². The Kier molecular flexibility index (Phi) is 5.28. The van der Waals surface area contributed by atoms with Crippen molar-refractivity contribution >= 4 is 10.9 Å². The van der Waals surface area contributed by atoms with Gasteiger partial charge >= 0.3 is 0 Å². The number of benzene rings is 2. The van der Waals surface area contributed by atoms with Crippen LogP contribution in [-0.2, 0) is 11.3 Å². The highest BCUT2D eigenvalue weighted by Gasteiger charge is 2.43. The van der Waals surface area contributed by atoms with Crippen LogP contribution in [0.5, 0.6) is 5.75 Å². The van der Waals surface area contributed by atoms with Crippen LogP contribution < -0.4 is 0 Å². The Bertz CT molecular complexity index is 1040. The van der Waals surface area contributed by atoms with E-state index in [0.29, 0.717) is 24.5 Å². The molecule has 6 rings (SSSR count). The Labute approximate surface area is 177 Å². The number of phenolic OH excluding ortho intramolecular Hbond substituents is 1. The van der Waals surface area contributed by atoms with Crippen molar-refractivity contribution in [3.05, 3.63) is 84.6 Å². The Balaban J connectivity index is 1.52. The Morgan fingerprint density at radius 1 is 1.20 bits per heavy atom. The number of pyridine rings is 1. The first-order chi connectivity index (χ1) is 14.7. The van der Waals surface area contributed by atoms with Crippen molar-refractivity contribution in [2.24, 2.45) is 11.8 Å². The maximum Gasteiger partial charge on any atom is 0.116 e. The molecule has 0 aliphatic carbocycles. The maximum atomic E-state index is 10.1. The summed E-state index contributed by atoms with van der Waals surface area (Å²) in [6.45, 7) is 6.79. The van der Waals surface area contributed by atoms with Gasteiger partial charge < -0.3 is 9.84 Å². The van der Waals surface area contributed by atoms with E-state index in [1.807, 2.05) is 36.5 Å². The minimum absolute atomic E-state index is 0.0777. The van der Waals surface area contributed by atoms with Crippen molar-refractivity contribution in [3.8, 4) is 5.75 Å². The number of fused-ring (bicyclic) bond motifs is 4. The molecule has 4 heterocycles. The summed E-state index contributed by atoms with van der Waals surface area (Å²) in [7, 11) is 0. The molecule has 2 aromatic carbocycles. The quantitative estimate of drug-likeness (QED) is 0.585. The molecule has 5 unspecified atom stereocenters. The smallest absolute Gasteiger partial charge is 0.116 e. The molecule has 0 radical (unpaired) electrons. The molecule has 0 amide bonds. The second-order valence-electron chi connectivity index (χ2n) is 8.57. The SMILES string of the molecule is C=CC1CN2CCC1CC2C(OCc1ccccc1)c1ccnc2ccc(O)cc12. The number of hydrogen-bond donors (Lipinski definition) is 1. The van der Waals surface area contributed by atoms with Gasteiger partial charge in [0.25, 0.3) is 0 Å². The predicted molar refractivity (Wildman–Crippen MR) is 119 cm³/mol. The summed E-state index contributed by atoms with van der Waals surface area (Å²) in [5.74, 6) is 1.50. The molecule has 0 saturated carbocycles. The third-order valence-electron chi connectivity index (χ3n) is 6.84. The van der Waals surface area contributed by atoms with Gasteiger partial charge in [-0.1, -0.05) is 36.4 Å². The fourth-order valence-electron chi connectivity index (χ4n) is 5.26. The number of piperidine rings is 3. The van der Waals surface area contributed by atoms with Crippen LogP contribution in [0.1, 0.15) is 30.1 Å². The van der Waals surface area contributed by atoms with Crippen LogP contribution in [0.4, 0.5) is 0 Å². The summed E-state index contributed by atoms with van der Waals surface area (Å²) in [6, 6.07) is 18.1. The molecule has 4 heteroatoms. The molecule has 3 aliphatic rings. The highest BCUT2D eigenvalue weighted by molar-refractivity contribution is 5.83. The minimum atomic E-state index is -0.0777.